The minimum atomic E-state index is -0.988. The summed E-state index contributed by atoms with van der Waals surface area (Å²) in [6.07, 6.45) is -0.795. The molecule has 2 N–H and O–H groups in total. The Morgan fingerprint density at radius 2 is 1.79 bits per heavy atom. The fourth-order valence-electron chi connectivity index (χ4n) is 1.33. The molecule has 1 aliphatic rings. The van der Waals surface area contributed by atoms with Crippen molar-refractivity contribution < 1.29 is 14.9 Å². The number of rotatable bonds is 0. The molecule has 0 unspecified atom stereocenters. The molecule has 1 atom stereocenters. The Balaban J connectivity index is 2.70. The zero-order valence-corrected chi connectivity index (χ0v) is 8.99. The second kappa shape index (κ2) is 3.35. The number of phenolic OH excluding ortho intramolecular Hbond substituents is 1. The molecule has 1 aromatic rings. The summed E-state index contributed by atoms with van der Waals surface area (Å²) < 4.78 is 5.00. The van der Waals surface area contributed by atoms with Gasteiger partial charge in [0, 0.05) is 12.0 Å². The highest BCUT2D eigenvalue weighted by Gasteiger charge is 2.30. The number of ether oxygens (including phenoxy) is 1. The average molecular weight is 255 g/mol. The van der Waals surface area contributed by atoms with Crippen molar-refractivity contribution in [1.29, 1.82) is 0 Å². The van der Waals surface area contributed by atoms with E-state index in [9.17, 15) is 10.2 Å². The number of phenols is 1. The molecule has 0 aliphatic carbocycles. The maximum atomic E-state index is 9.45. The molecule has 0 fully saturated rings. The molecule has 76 valence electrons. The van der Waals surface area contributed by atoms with E-state index in [1.54, 1.807) is 0 Å². The molecule has 14 heavy (non-hydrogen) atoms. The SMILES string of the molecule is Oc1c(Cl)c(Cl)c2c(c1Cl)C[C@H](O)O2. The van der Waals surface area contributed by atoms with E-state index in [4.69, 9.17) is 39.5 Å². The summed E-state index contributed by atoms with van der Waals surface area (Å²) >= 11 is 17.3. The van der Waals surface area contributed by atoms with E-state index in [0.717, 1.165) is 0 Å². The third kappa shape index (κ3) is 1.32. The minimum Gasteiger partial charge on any atom is -0.505 e. The van der Waals surface area contributed by atoms with Gasteiger partial charge in [-0.05, 0) is 0 Å². The predicted octanol–water partition coefficient (Wildman–Crippen LogP) is 2.61. The van der Waals surface area contributed by atoms with Gasteiger partial charge >= 0.3 is 0 Å². The third-order valence-electron chi connectivity index (χ3n) is 1.98. The molecule has 0 amide bonds. The van der Waals surface area contributed by atoms with Gasteiger partial charge in [-0.3, -0.25) is 0 Å². The van der Waals surface area contributed by atoms with Crippen LogP contribution in [0.1, 0.15) is 5.56 Å². The topological polar surface area (TPSA) is 49.7 Å². The highest BCUT2D eigenvalue weighted by atomic mass is 35.5. The lowest BCUT2D eigenvalue weighted by Gasteiger charge is -2.08. The fraction of sp³-hybridized carbons (Fsp3) is 0.250. The number of halogens is 3. The first-order valence-corrected chi connectivity index (χ1v) is 4.88. The van der Waals surface area contributed by atoms with Crippen LogP contribution in [0.25, 0.3) is 0 Å². The van der Waals surface area contributed by atoms with Gasteiger partial charge in [0.15, 0.2) is 5.75 Å². The van der Waals surface area contributed by atoms with Crippen LogP contribution in [0.2, 0.25) is 15.1 Å². The molecule has 0 radical (unpaired) electrons. The first-order valence-electron chi connectivity index (χ1n) is 3.75. The van der Waals surface area contributed by atoms with Crippen molar-refractivity contribution in [2.45, 2.75) is 12.7 Å². The molecule has 0 bridgehead atoms. The molecule has 1 aromatic carbocycles. The van der Waals surface area contributed by atoms with E-state index in [-0.39, 0.29) is 33.0 Å². The zero-order chi connectivity index (χ0) is 10.5. The summed E-state index contributed by atoms with van der Waals surface area (Å²) in [4.78, 5) is 0. The van der Waals surface area contributed by atoms with Crippen molar-refractivity contribution in [3.8, 4) is 11.5 Å². The van der Waals surface area contributed by atoms with Crippen LogP contribution in [0.4, 0.5) is 0 Å². The number of hydrogen-bond acceptors (Lipinski definition) is 3. The maximum Gasteiger partial charge on any atom is 0.201 e. The predicted molar refractivity (Wildman–Crippen MR) is 53.5 cm³/mol. The highest BCUT2D eigenvalue weighted by molar-refractivity contribution is 6.46. The Labute approximate surface area is 94.8 Å². The van der Waals surface area contributed by atoms with Crippen LogP contribution in [0.5, 0.6) is 11.5 Å². The molecular weight excluding hydrogens is 250 g/mol. The first kappa shape index (κ1) is 10.2. The standard InChI is InChI=1S/C8H5Cl3O3/c9-4-2-1-3(12)14-8(2)6(11)5(10)7(4)13/h3,12-13H,1H2/t3-/m1/s1. The number of aliphatic hydroxyl groups excluding tert-OH is 1. The number of hydrogen-bond donors (Lipinski definition) is 2. The normalized spacial score (nSPS) is 19.3. The summed E-state index contributed by atoms with van der Waals surface area (Å²) in [7, 11) is 0. The van der Waals surface area contributed by atoms with E-state index in [0.29, 0.717) is 5.56 Å². The van der Waals surface area contributed by atoms with E-state index in [2.05, 4.69) is 0 Å². The van der Waals surface area contributed by atoms with Crippen LogP contribution in [-0.2, 0) is 6.42 Å². The van der Waals surface area contributed by atoms with Crippen molar-refractivity contribution in [2.24, 2.45) is 0 Å². The van der Waals surface area contributed by atoms with Crippen LogP contribution in [0.15, 0.2) is 0 Å². The van der Waals surface area contributed by atoms with Crippen molar-refractivity contribution in [1.82, 2.24) is 0 Å². The summed E-state index contributed by atoms with van der Waals surface area (Å²) in [5.41, 5.74) is 0.478. The molecule has 0 saturated carbocycles. The Hall–Kier alpha value is -0.350. The molecule has 0 saturated heterocycles. The molecule has 0 aromatic heterocycles. The molecule has 3 nitrogen and oxygen atoms in total. The van der Waals surface area contributed by atoms with Gasteiger partial charge in [0.1, 0.15) is 15.8 Å². The Bertz CT molecular complexity index is 369. The largest absolute Gasteiger partial charge is 0.505 e. The third-order valence-corrected chi connectivity index (χ3v) is 3.21. The monoisotopic (exact) mass is 254 g/mol. The quantitative estimate of drug-likeness (QED) is 0.701. The van der Waals surface area contributed by atoms with Gasteiger partial charge < -0.3 is 14.9 Å². The Kier molecular flexibility index (Phi) is 2.43. The summed E-state index contributed by atoms with van der Waals surface area (Å²) in [5, 5.41) is 18.7. The second-order valence-electron chi connectivity index (χ2n) is 2.87. The molecular formula is C8H5Cl3O3. The first-order chi connectivity index (χ1) is 6.52. The zero-order valence-electron chi connectivity index (χ0n) is 6.72. The number of aromatic hydroxyl groups is 1. The molecule has 0 spiro atoms. The van der Waals surface area contributed by atoms with Crippen LogP contribution in [0, 0.1) is 0 Å². The maximum absolute atomic E-state index is 9.45. The average Bonchev–Trinajstić information content (AvgIpc) is 2.54. The lowest BCUT2D eigenvalue weighted by Crippen LogP contribution is -2.10. The van der Waals surface area contributed by atoms with Crippen molar-refractivity contribution in [3.05, 3.63) is 20.6 Å². The van der Waals surface area contributed by atoms with Crippen molar-refractivity contribution in [3.63, 3.8) is 0 Å². The van der Waals surface area contributed by atoms with Gasteiger partial charge in [-0.2, -0.15) is 0 Å². The molecule has 6 heteroatoms. The van der Waals surface area contributed by atoms with Gasteiger partial charge in [0.05, 0.1) is 5.02 Å². The van der Waals surface area contributed by atoms with Crippen molar-refractivity contribution in [2.75, 3.05) is 0 Å². The Morgan fingerprint density at radius 3 is 2.43 bits per heavy atom. The number of fused-ring (bicyclic) bond motifs is 1. The van der Waals surface area contributed by atoms with Crippen molar-refractivity contribution >= 4 is 34.8 Å². The van der Waals surface area contributed by atoms with Crippen LogP contribution in [0.3, 0.4) is 0 Å². The van der Waals surface area contributed by atoms with Gasteiger partial charge in [-0.1, -0.05) is 34.8 Å². The molecule has 1 heterocycles. The summed E-state index contributed by atoms with van der Waals surface area (Å²) in [6, 6.07) is 0. The lowest BCUT2D eigenvalue weighted by molar-refractivity contribution is 0.00220. The van der Waals surface area contributed by atoms with E-state index < -0.39 is 6.29 Å². The number of aliphatic hydroxyl groups is 1. The van der Waals surface area contributed by atoms with E-state index in [1.165, 1.54) is 0 Å². The molecule has 1 aliphatic heterocycles. The Morgan fingerprint density at radius 1 is 1.14 bits per heavy atom. The lowest BCUT2D eigenvalue weighted by atomic mass is 10.1. The van der Waals surface area contributed by atoms with E-state index in [1.807, 2.05) is 0 Å². The number of benzene rings is 1. The van der Waals surface area contributed by atoms with Crippen LogP contribution < -0.4 is 4.74 Å². The molecule has 2 rings (SSSR count). The second-order valence-corrected chi connectivity index (χ2v) is 4.01. The minimum absolute atomic E-state index is 0.0653. The smallest absolute Gasteiger partial charge is 0.201 e. The summed E-state index contributed by atoms with van der Waals surface area (Å²) in [5.74, 6) is -0.0400. The fourth-order valence-corrected chi connectivity index (χ4v) is 2.07. The van der Waals surface area contributed by atoms with Gasteiger partial charge in [0.25, 0.3) is 0 Å². The van der Waals surface area contributed by atoms with E-state index >= 15 is 0 Å². The van der Waals surface area contributed by atoms with Crippen LogP contribution >= 0.6 is 34.8 Å². The highest BCUT2D eigenvalue weighted by Crippen LogP contribution is 2.49. The van der Waals surface area contributed by atoms with Gasteiger partial charge in [-0.15, -0.1) is 0 Å². The summed E-state index contributed by atoms with van der Waals surface area (Å²) in [6.45, 7) is 0. The van der Waals surface area contributed by atoms with Gasteiger partial charge in [0.2, 0.25) is 6.29 Å². The van der Waals surface area contributed by atoms with Crippen LogP contribution in [-0.4, -0.2) is 16.5 Å². The van der Waals surface area contributed by atoms with Gasteiger partial charge in [-0.25, -0.2) is 0 Å².